The monoisotopic (exact) mass is 990 g/mol. The van der Waals surface area contributed by atoms with Gasteiger partial charge in [0.15, 0.2) is 0 Å². The molecule has 2 saturated heterocycles. The molecule has 2 aliphatic heterocycles. The van der Waals surface area contributed by atoms with E-state index in [1.54, 1.807) is 18.5 Å². The summed E-state index contributed by atoms with van der Waals surface area (Å²) < 4.78 is 0. The van der Waals surface area contributed by atoms with Crippen LogP contribution in [0.3, 0.4) is 0 Å². The zero-order valence-electron chi connectivity index (χ0n) is 38.2. The Morgan fingerprint density at radius 2 is 1.35 bits per heavy atom. The summed E-state index contributed by atoms with van der Waals surface area (Å²) in [6.45, 7) is 5.07. The minimum atomic E-state index is -1.72. The minimum absolute atomic E-state index is 0.0105. The third kappa shape index (κ3) is 13.6. The summed E-state index contributed by atoms with van der Waals surface area (Å²) >= 11 is 0. The second-order valence-corrected chi connectivity index (χ2v) is 20.1. The fourth-order valence-electron chi connectivity index (χ4n) is 8.29. The van der Waals surface area contributed by atoms with Crippen LogP contribution in [0.15, 0.2) is 60.9 Å². The zero-order chi connectivity index (χ0) is 49.9. The van der Waals surface area contributed by atoms with Crippen molar-refractivity contribution in [3.63, 3.8) is 0 Å². The van der Waals surface area contributed by atoms with Gasteiger partial charge in [-0.05, 0) is 55.4 Å². The van der Waals surface area contributed by atoms with E-state index in [-0.39, 0.29) is 49.7 Å². The average Bonchev–Trinajstić information content (AvgIpc) is 4.07. The SMILES string of the molecule is CC(C)C[C@@H]1NC(=O)[C@H](C)NC(=O)[C@@H](N)CSSC[C@@H](C(=O)N[C@@H](CC(=O)O)C(=O)N2CCC[C@H]2C(=O)N[C@@H](Cc2c[nH]c3ccccc23)C(=O)N[C@@H](Cc2c[nH]c3ccccc23)C(=O)O)NC1=O. The Kier molecular flexibility index (Phi) is 17.7. The number of H-pyrrole nitrogens is 2. The second-order valence-electron chi connectivity index (χ2n) is 17.6. The fraction of sp³-hybridized carbons (Fsp3) is 0.457. The van der Waals surface area contributed by atoms with Crippen molar-refractivity contribution in [1.29, 1.82) is 0 Å². The maximum absolute atomic E-state index is 14.4. The van der Waals surface area contributed by atoms with Gasteiger partial charge in [-0.3, -0.25) is 38.4 Å². The van der Waals surface area contributed by atoms with Gasteiger partial charge in [0.2, 0.25) is 41.4 Å². The number of fused-ring (bicyclic) bond motifs is 2. The van der Waals surface area contributed by atoms with Crippen LogP contribution in [-0.4, -0.2) is 145 Å². The number of aromatic amines is 2. The lowest BCUT2D eigenvalue weighted by Crippen LogP contribution is -2.60. The first-order chi connectivity index (χ1) is 32.9. The van der Waals surface area contributed by atoms with Gasteiger partial charge in [0.05, 0.1) is 12.5 Å². The van der Waals surface area contributed by atoms with Gasteiger partial charge < -0.3 is 62.7 Å². The van der Waals surface area contributed by atoms with E-state index in [1.165, 1.54) is 6.92 Å². The highest BCUT2D eigenvalue weighted by Gasteiger charge is 2.41. The number of nitrogens with two attached hydrogens (primary N) is 1. The van der Waals surface area contributed by atoms with E-state index in [4.69, 9.17) is 5.73 Å². The van der Waals surface area contributed by atoms with Crippen LogP contribution >= 0.6 is 21.6 Å². The molecular weight excluding hydrogens is 933 g/mol. The molecule has 8 atom stereocenters. The summed E-state index contributed by atoms with van der Waals surface area (Å²) in [6.07, 6.45) is 2.86. The summed E-state index contributed by atoms with van der Waals surface area (Å²) in [5.41, 5.74) is 8.87. The highest BCUT2D eigenvalue weighted by atomic mass is 33.1. The van der Waals surface area contributed by atoms with Gasteiger partial charge in [-0.2, -0.15) is 0 Å². The van der Waals surface area contributed by atoms with Crippen LogP contribution in [0.1, 0.15) is 57.6 Å². The van der Waals surface area contributed by atoms with Crippen LogP contribution in [0.2, 0.25) is 0 Å². The summed E-state index contributed by atoms with van der Waals surface area (Å²) in [6, 6.07) is 4.32. The number of rotatable bonds is 16. The number of para-hydroxylation sites is 2. The second kappa shape index (κ2) is 23.6. The number of carboxylic acids is 2. The van der Waals surface area contributed by atoms with E-state index in [9.17, 15) is 53.4 Å². The van der Waals surface area contributed by atoms with Crippen LogP contribution in [0.4, 0.5) is 0 Å². The third-order valence-electron chi connectivity index (χ3n) is 11.9. The number of hydrogen-bond acceptors (Lipinski definition) is 12. The number of carbonyl (C=O) groups excluding carboxylic acids is 7. The molecule has 7 amide bonds. The Bertz CT molecular complexity index is 2570. The number of carboxylic acid groups (broad SMARTS) is 2. The molecule has 2 aliphatic rings. The lowest BCUT2D eigenvalue weighted by molar-refractivity contribution is -0.146. The molecule has 0 saturated carbocycles. The molecule has 0 spiro atoms. The molecule has 21 nitrogen and oxygen atoms in total. The molecule has 0 unspecified atom stereocenters. The Morgan fingerprint density at radius 3 is 1.96 bits per heavy atom. The Labute approximate surface area is 404 Å². The van der Waals surface area contributed by atoms with Crippen LogP contribution in [0.5, 0.6) is 0 Å². The van der Waals surface area contributed by atoms with E-state index in [1.807, 2.05) is 56.3 Å². The van der Waals surface area contributed by atoms with Crippen molar-refractivity contribution in [3.05, 3.63) is 72.1 Å². The number of aliphatic carboxylic acids is 2. The van der Waals surface area contributed by atoms with Crippen molar-refractivity contribution in [2.45, 2.75) is 108 Å². The van der Waals surface area contributed by atoms with E-state index < -0.39 is 108 Å². The van der Waals surface area contributed by atoms with Crippen LogP contribution in [-0.2, 0) is 56.0 Å². The van der Waals surface area contributed by atoms with Crippen molar-refractivity contribution in [3.8, 4) is 0 Å². The largest absolute Gasteiger partial charge is 0.481 e. The number of likely N-dealkylation sites (tertiary alicyclic amines) is 1. The van der Waals surface area contributed by atoms with Gasteiger partial charge in [0, 0.05) is 65.1 Å². The van der Waals surface area contributed by atoms with E-state index in [0.717, 1.165) is 48.3 Å². The first kappa shape index (κ1) is 51.8. The van der Waals surface area contributed by atoms with Gasteiger partial charge in [0.1, 0.15) is 42.3 Å². The molecule has 6 rings (SSSR count). The zero-order valence-corrected chi connectivity index (χ0v) is 39.9. The van der Waals surface area contributed by atoms with Crippen molar-refractivity contribution >= 4 is 96.7 Å². The maximum Gasteiger partial charge on any atom is 0.326 e. The fourth-order valence-corrected chi connectivity index (χ4v) is 10.6. The van der Waals surface area contributed by atoms with Crippen molar-refractivity contribution < 1.29 is 53.4 Å². The number of amides is 7. The van der Waals surface area contributed by atoms with E-state index in [0.29, 0.717) is 17.5 Å². The molecule has 69 heavy (non-hydrogen) atoms. The lowest BCUT2D eigenvalue weighted by atomic mass is 10.0. The van der Waals surface area contributed by atoms with Crippen molar-refractivity contribution in [2.75, 3.05) is 18.1 Å². The van der Waals surface area contributed by atoms with Crippen molar-refractivity contribution in [1.82, 2.24) is 46.8 Å². The van der Waals surface area contributed by atoms with Gasteiger partial charge in [-0.15, -0.1) is 0 Å². The lowest BCUT2D eigenvalue weighted by Gasteiger charge is -2.30. The number of carbonyl (C=O) groups is 9. The molecule has 4 aromatic rings. The standard InChI is InChI=1S/C46H58N10O11S2/c1-23(2)15-32-41(61)55-36(22-69-68-21-29(47)40(60)50-24(3)39(59)51-32)43(63)53-34(18-38(57)58)45(65)56-14-8-13-37(56)44(64)52-33(16-25-19-48-30-11-6-4-9-27(25)30)42(62)54-35(46(66)67)17-26-20-49-31-12-7-5-10-28(26)31/h4-7,9-12,19-20,23-24,29,32-37,48-49H,8,13-18,21-22,47H2,1-3H3,(H,50,60)(H,51,59)(H,52,64)(H,53,63)(H,54,62)(H,55,61)(H,57,58)(H,66,67)/t24-,29-,32-,33-,34-,35-,36-,37-/m0/s1. The van der Waals surface area contributed by atoms with E-state index >= 15 is 0 Å². The first-order valence-electron chi connectivity index (χ1n) is 22.6. The Morgan fingerprint density at radius 1 is 0.754 bits per heavy atom. The smallest absolute Gasteiger partial charge is 0.326 e. The molecule has 2 aromatic carbocycles. The molecule has 12 N–H and O–H groups in total. The number of benzene rings is 2. The summed E-state index contributed by atoms with van der Waals surface area (Å²) in [5, 5.41) is 37.4. The topological polar surface area (TPSA) is 327 Å². The van der Waals surface area contributed by atoms with Gasteiger partial charge in [0.25, 0.3) is 0 Å². The molecule has 2 aromatic heterocycles. The Hall–Kier alpha value is -6.59. The van der Waals surface area contributed by atoms with E-state index in [2.05, 4.69) is 41.9 Å². The molecular formula is C46H58N10O11S2. The average molecular weight is 991 g/mol. The Balaban J connectivity index is 1.21. The number of nitrogens with one attached hydrogen (secondary N) is 8. The maximum atomic E-state index is 14.4. The predicted octanol–water partition coefficient (Wildman–Crippen LogP) is 0.682. The van der Waals surface area contributed by atoms with Crippen LogP contribution < -0.4 is 37.6 Å². The highest BCUT2D eigenvalue weighted by molar-refractivity contribution is 8.76. The molecule has 4 heterocycles. The van der Waals surface area contributed by atoms with Gasteiger partial charge >= 0.3 is 11.9 Å². The van der Waals surface area contributed by atoms with Crippen molar-refractivity contribution in [2.24, 2.45) is 11.7 Å². The highest BCUT2D eigenvalue weighted by Crippen LogP contribution is 2.25. The third-order valence-corrected chi connectivity index (χ3v) is 14.4. The predicted molar refractivity (Wildman–Crippen MR) is 258 cm³/mol. The minimum Gasteiger partial charge on any atom is -0.481 e. The summed E-state index contributed by atoms with van der Waals surface area (Å²) in [5.74, 6) is -8.31. The normalized spacial score (nSPS) is 21.8. The summed E-state index contributed by atoms with van der Waals surface area (Å²) in [7, 11) is 2.22. The molecule has 23 heteroatoms. The molecule has 370 valence electrons. The quantitative estimate of drug-likeness (QED) is 0.0689. The van der Waals surface area contributed by atoms with Gasteiger partial charge in [-0.1, -0.05) is 71.8 Å². The molecule has 0 radical (unpaired) electrons. The number of aromatic nitrogens is 2. The van der Waals surface area contributed by atoms with Crippen LogP contribution in [0.25, 0.3) is 21.8 Å². The number of nitrogens with zero attached hydrogens (tertiary/aromatic N) is 1. The number of hydrogen-bond donors (Lipinski definition) is 11. The molecule has 0 bridgehead atoms. The van der Waals surface area contributed by atoms with Gasteiger partial charge in [-0.25, -0.2) is 4.79 Å². The first-order valence-corrected chi connectivity index (χ1v) is 25.1. The van der Waals surface area contributed by atoms with Crippen LogP contribution in [0, 0.1) is 5.92 Å². The molecule has 0 aliphatic carbocycles. The summed E-state index contributed by atoms with van der Waals surface area (Å²) in [4.78, 5) is 129. The molecule has 2 fully saturated rings.